The molecule has 0 fully saturated rings. The molecule has 0 saturated heterocycles. The number of carboxylic acids is 1. The number of thioether (sulfide) groups is 1. The molecule has 1 aliphatic rings. The second kappa shape index (κ2) is 5.49. The molecule has 0 radical (unpaired) electrons. The quantitative estimate of drug-likeness (QED) is 0.798. The van der Waals surface area contributed by atoms with Crippen LogP contribution in [0.25, 0.3) is 0 Å². The van der Waals surface area contributed by atoms with E-state index in [1.807, 2.05) is 18.4 Å². The minimum atomic E-state index is -1.00. The molecule has 6 heteroatoms. The Morgan fingerprint density at radius 1 is 1.44 bits per heavy atom. The van der Waals surface area contributed by atoms with E-state index in [0.29, 0.717) is 24.7 Å². The number of carbonyl (C=O) groups is 1. The number of rotatable bonds is 4. The van der Waals surface area contributed by atoms with Crippen molar-refractivity contribution in [1.29, 1.82) is 0 Å². The summed E-state index contributed by atoms with van der Waals surface area (Å²) in [6.45, 7) is 1.05. The molecule has 0 spiro atoms. The second-order valence-corrected chi connectivity index (χ2v) is 4.80. The number of aliphatic carboxylic acids is 1. The summed E-state index contributed by atoms with van der Waals surface area (Å²) >= 11 is 1.54. The van der Waals surface area contributed by atoms with Gasteiger partial charge in [-0.1, -0.05) is 0 Å². The summed E-state index contributed by atoms with van der Waals surface area (Å²) in [5.74, 6) is 0.363. The van der Waals surface area contributed by atoms with Crippen molar-refractivity contribution in [3.05, 3.63) is 17.7 Å². The van der Waals surface area contributed by atoms with Gasteiger partial charge >= 0.3 is 5.97 Å². The molecule has 0 aliphatic carbocycles. The molecule has 5 nitrogen and oxygen atoms in total. The highest BCUT2D eigenvalue weighted by Crippen LogP contribution is 2.36. The number of nitrogens with two attached hydrogens (primary N) is 1. The fourth-order valence-corrected chi connectivity index (χ4v) is 2.42. The van der Waals surface area contributed by atoms with Crippen LogP contribution in [0.2, 0.25) is 0 Å². The first-order valence-electron chi connectivity index (χ1n) is 5.56. The van der Waals surface area contributed by atoms with E-state index in [0.717, 1.165) is 10.5 Å². The Kier molecular flexibility index (Phi) is 3.98. The van der Waals surface area contributed by atoms with Gasteiger partial charge in [0.25, 0.3) is 0 Å². The largest absolute Gasteiger partial charge is 0.486 e. The first-order valence-corrected chi connectivity index (χ1v) is 6.79. The molecule has 1 aromatic carbocycles. The number of carboxylic acid groups (broad SMARTS) is 1. The Morgan fingerprint density at radius 3 is 2.61 bits per heavy atom. The topological polar surface area (TPSA) is 81.8 Å². The maximum atomic E-state index is 10.8. The van der Waals surface area contributed by atoms with Crippen LogP contribution in [0.4, 0.5) is 0 Å². The highest BCUT2D eigenvalue weighted by molar-refractivity contribution is 7.98. The van der Waals surface area contributed by atoms with E-state index in [4.69, 9.17) is 20.3 Å². The molecule has 18 heavy (non-hydrogen) atoms. The summed E-state index contributed by atoms with van der Waals surface area (Å²) in [4.78, 5) is 11.8. The maximum Gasteiger partial charge on any atom is 0.320 e. The molecule has 3 N–H and O–H groups in total. The van der Waals surface area contributed by atoms with Gasteiger partial charge in [-0.2, -0.15) is 0 Å². The van der Waals surface area contributed by atoms with Crippen molar-refractivity contribution < 1.29 is 19.4 Å². The van der Waals surface area contributed by atoms with Gasteiger partial charge in [-0.3, -0.25) is 4.79 Å². The number of ether oxygens (including phenoxy) is 2. The Bertz CT molecular complexity index is 464. The molecule has 98 valence electrons. The van der Waals surface area contributed by atoms with Crippen molar-refractivity contribution in [3.8, 4) is 11.5 Å². The molecule has 1 aromatic rings. The zero-order valence-electron chi connectivity index (χ0n) is 10.0. The van der Waals surface area contributed by atoms with Crippen molar-refractivity contribution in [2.24, 2.45) is 5.73 Å². The average Bonchev–Trinajstić information content (AvgIpc) is 2.37. The van der Waals surface area contributed by atoms with Crippen molar-refractivity contribution in [2.45, 2.75) is 17.4 Å². The summed E-state index contributed by atoms with van der Waals surface area (Å²) in [5.41, 5.74) is 6.44. The first-order chi connectivity index (χ1) is 8.61. The summed E-state index contributed by atoms with van der Waals surface area (Å²) in [6, 6.07) is 2.80. The van der Waals surface area contributed by atoms with Crippen LogP contribution in [0.3, 0.4) is 0 Å². The summed E-state index contributed by atoms with van der Waals surface area (Å²) in [6.07, 6.45) is 2.21. The number of fused-ring (bicyclic) bond motifs is 1. The summed E-state index contributed by atoms with van der Waals surface area (Å²) in [5, 5.41) is 8.86. The fraction of sp³-hybridized carbons (Fsp3) is 0.417. The summed E-state index contributed by atoms with van der Waals surface area (Å²) in [7, 11) is 0. The third kappa shape index (κ3) is 2.70. The van der Waals surface area contributed by atoms with E-state index in [9.17, 15) is 4.79 Å². The fourth-order valence-electron chi connectivity index (χ4n) is 1.79. The molecule has 0 bridgehead atoms. The van der Waals surface area contributed by atoms with E-state index in [1.165, 1.54) is 11.8 Å². The van der Waals surface area contributed by atoms with Gasteiger partial charge in [-0.25, -0.2) is 0 Å². The molecule has 2 rings (SSSR count). The second-order valence-electron chi connectivity index (χ2n) is 3.96. The van der Waals surface area contributed by atoms with Crippen LogP contribution in [0, 0.1) is 0 Å². The number of benzene rings is 1. The van der Waals surface area contributed by atoms with E-state index in [-0.39, 0.29) is 6.42 Å². The SMILES string of the molecule is CSc1cc2c(cc1CC(N)C(=O)O)OCCO2. The zero-order valence-corrected chi connectivity index (χ0v) is 10.8. The minimum absolute atomic E-state index is 0.280. The number of hydrogen-bond acceptors (Lipinski definition) is 5. The van der Waals surface area contributed by atoms with Crippen LogP contribution < -0.4 is 15.2 Å². The highest BCUT2D eigenvalue weighted by atomic mass is 32.2. The normalized spacial score (nSPS) is 15.2. The third-order valence-corrected chi connectivity index (χ3v) is 3.52. The lowest BCUT2D eigenvalue weighted by Crippen LogP contribution is -2.32. The van der Waals surface area contributed by atoms with E-state index < -0.39 is 12.0 Å². The van der Waals surface area contributed by atoms with Crippen LogP contribution >= 0.6 is 11.8 Å². The Balaban J connectivity index is 2.30. The van der Waals surface area contributed by atoms with Gasteiger partial charge in [0.2, 0.25) is 0 Å². The van der Waals surface area contributed by atoms with Crippen LogP contribution in [0.1, 0.15) is 5.56 Å². The highest BCUT2D eigenvalue weighted by Gasteiger charge is 2.19. The Hall–Kier alpha value is -1.40. The van der Waals surface area contributed by atoms with Crippen LogP contribution in [0.5, 0.6) is 11.5 Å². The van der Waals surface area contributed by atoms with Gasteiger partial charge in [-0.05, 0) is 30.4 Å². The molecule has 0 saturated carbocycles. The Morgan fingerprint density at radius 2 is 2.06 bits per heavy atom. The third-order valence-electron chi connectivity index (χ3n) is 2.70. The lowest BCUT2D eigenvalue weighted by molar-refractivity contribution is -0.138. The molecular weight excluding hydrogens is 254 g/mol. The predicted molar refractivity (Wildman–Crippen MR) is 68.5 cm³/mol. The molecule has 0 amide bonds. The van der Waals surface area contributed by atoms with Gasteiger partial charge in [-0.15, -0.1) is 11.8 Å². The van der Waals surface area contributed by atoms with Crippen molar-refractivity contribution >= 4 is 17.7 Å². The van der Waals surface area contributed by atoms with Gasteiger partial charge < -0.3 is 20.3 Å². The van der Waals surface area contributed by atoms with Gasteiger partial charge in [0.1, 0.15) is 19.3 Å². The molecule has 1 atom stereocenters. The van der Waals surface area contributed by atoms with E-state index in [2.05, 4.69) is 0 Å². The smallest absolute Gasteiger partial charge is 0.320 e. The Labute approximate surface area is 109 Å². The maximum absolute atomic E-state index is 10.8. The lowest BCUT2D eigenvalue weighted by atomic mass is 10.1. The minimum Gasteiger partial charge on any atom is -0.486 e. The van der Waals surface area contributed by atoms with Crippen molar-refractivity contribution in [1.82, 2.24) is 0 Å². The van der Waals surface area contributed by atoms with Crippen molar-refractivity contribution in [3.63, 3.8) is 0 Å². The van der Waals surface area contributed by atoms with Gasteiger partial charge in [0.05, 0.1) is 0 Å². The molecule has 1 unspecified atom stereocenters. The van der Waals surface area contributed by atoms with E-state index >= 15 is 0 Å². The molecule has 1 aliphatic heterocycles. The average molecular weight is 269 g/mol. The monoisotopic (exact) mass is 269 g/mol. The van der Waals surface area contributed by atoms with Gasteiger partial charge in [0, 0.05) is 4.90 Å². The van der Waals surface area contributed by atoms with Crippen molar-refractivity contribution in [2.75, 3.05) is 19.5 Å². The van der Waals surface area contributed by atoms with Crippen LogP contribution in [0.15, 0.2) is 17.0 Å². The zero-order chi connectivity index (χ0) is 13.1. The molecular formula is C12H15NO4S. The summed E-state index contributed by atoms with van der Waals surface area (Å²) < 4.78 is 11.0. The molecule has 0 aromatic heterocycles. The first kappa shape index (κ1) is 13.0. The lowest BCUT2D eigenvalue weighted by Gasteiger charge is -2.21. The van der Waals surface area contributed by atoms with Gasteiger partial charge in [0.15, 0.2) is 11.5 Å². The van der Waals surface area contributed by atoms with E-state index in [1.54, 1.807) is 0 Å². The predicted octanol–water partition coefficient (Wildman–Crippen LogP) is 1.13. The van der Waals surface area contributed by atoms with Crippen LogP contribution in [-0.4, -0.2) is 36.6 Å². The van der Waals surface area contributed by atoms with Crippen LogP contribution in [-0.2, 0) is 11.2 Å². The number of hydrogen-bond donors (Lipinski definition) is 2. The standard InChI is InChI=1S/C12H15NO4S/c1-18-11-6-10-9(16-2-3-17-10)5-7(11)4-8(13)12(14)15/h5-6,8H,2-4,13H2,1H3,(H,14,15). The molecule has 1 heterocycles.